The Morgan fingerprint density at radius 3 is 2.70 bits per heavy atom. The second-order valence-corrected chi connectivity index (χ2v) is 7.11. The standard InChI is InChI=1S/C20H22FN5O/c1-24(2)16-11-12(5-7-14(16)21)22-17-8-6-13-18-15(26(4)19(13)23-17)9-10-25(3)20(18)27/h5-8,11H,9-10H2,1-4H3,(H,22,23). The van der Waals surface area contributed by atoms with Crippen molar-refractivity contribution in [2.45, 2.75) is 6.42 Å². The number of aryl methyl sites for hydroxylation is 1. The Morgan fingerprint density at radius 2 is 1.96 bits per heavy atom. The lowest BCUT2D eigenvalue weighted by Crippen LogP contribution is -2.34. The average Bonchev–Trinajstić information content (AvgIpc) is 2.92. The first-order valence-electron chi connectivity index (χ1n) is 8.84. The van der Waals surface area contributed by atoms with Gasteiger partial charge in [0.15, 0.2) is 0 Å². The van der Waals surface area contributed by atoms with Crippen molar-refractivity contribution < 1.29 is 9.18 Å². The van der Waals surface area contributed by atoms with Gasteiger partial charge in [-0.2, -0.15) is 0 Å². The molecule has 3 heterocycles. The lowest BCUT2D eigenvalue weighted by Gasteiger charge is -2.23. The van der Waals surface area contributed by atoms with E-state index >= 15 is 0 Å². The number of aromatic nitrogens is 2. The van der Waals surface area contributed by atoms with Crippen LogP contribution in [0.25, 0.3) is 11.0 Å². The van der Waals surface area contributed by atoms with Gasteiger partial charge in [0.05, 0.1) is 11.3 Å². The van der Waals surface area contributed by atoms with E-state index in [1.165, 1.54) is 6.07 Å². The van der Waals surface area contributed by atoms with Gasteiger partial charge >= 0.3 is 0 Å². The molecule has 27 heavy (non-hydrogen) atoms. The smallest absolute Gasteiger partial charge is 0.256 e. The van der Waals surface area contributed by atoms with E-state index in [0.29, 0.717) is 18.1 Å². The number of carbonyl (C=O) groups excluding carboxylic acids is 1. The van der Waals surface area contributed by atoms with Gasteiger partial charge in [-0.1, -0.05) is 0 Å². The summed E-state index contributed by atoms with van der Waals surface area (Å²) in [4.78, 5) is 20.8. The molecule has 0 radical (unpaired) electrons. The number of hydrogen-bond donors (Lipinski definition) is 1. The second kappa shape index (κ2) is 6.26. The van der Waals surface area contributed by atoms with Gasteiger partial charge in [-0.3, -0.25) is 4.79 Å². The van der Waals surface area contributed by atoms with Crippen LogP contribution in [0.3, 0.4) is 0 Å². The molecule has 0 bridgehead atoms. The number of fused-ring (bicyclic) bond motifs is 3. The van der Waals surface area contributed by atoms with Crippen LogP contribution < -0.4 is 10.2 Å². The van der Waals surface area contributed by atoms with Crippen molar-refractivity contribution in [1.29, 1.82) is 0 Å². The number of hydrogen-bond acceptors (Lipinski definition) is 4. The zero-order valence-electron chi connectivity index (χ0n) is 15.9. The maximum absolute atomic E-state index is 13.9. The van der Waals surface area contributed by atoms with Crippen molar-refractivity contribution in [2.75, 3.05) is 37.9 Å². The van der Waals surface area contributed by atoms with Crippen LogP contribution in [0.5, 0.6) is 0 Å². The number of pyridine rings is 1. The van der Waals surface area contributed by atoms with E-state index in [0.717, 1.165) is 34.4 Å². The van der Waals surface area contributed by atoms with Gasteiger partial charge in [-0.25, -0.2) is 9.37 Å². The summed E-state index contributed by atoms with van der Waals surface area (Å²) in [6, 6.07) is 8.64. The monoisotopic (exact) mass is 367 g/mol. The molecule has 0 fully saturated rings. The Labute approximate surface area is 157 Å². The molecule has 0 aliphatic carbocycles. The molecule has 1 N–H and O–H groups in total. The van der Waals surface area contributed by atoms with Crippen LogP contribution in [0.1, 0.15) is 16.1 Å². The molecule has 0 unspecified atom stereocenters. The highest BCUT2D eigenvalue weighted by Crippen LogP contribution is 2.31. The van der Waals surface area contributed by atoms with E-state index in [9.17, 15) is 9.18 Å². The summed E-state index contributed by atoms with van der Waals surface area (Å²) in [6.07, 6.45) is 0.817. The third kappa shape index (κ3) is 2.79. The molecule has 7 heteroatoms. The Hall–Kier alpha value is -3.09. The fraction of sp³-hybridized carbons (Fsp3) is 0.300. The van der Waals surface area contributed by atoms with Gasteiger partial charge in [-0.15, -0.1) is 0 Å². The van der Waals surface area contributed by atoms with Crippen molar-refractivity contribution in [2.24, 2.45) is 7.05 Å². The molecule has 0 saturated heterocycles. The van der Waals surface area contributed by atoms with Gasteiger partial charge in [0.1, 0.15) is 17.3 Å². The van der Waals surface area contributed by atoms with Crippen LogP contribution in [-0.4, -0.2) is 48.0 Å². The largest absolute Gasteiger partial charge is 0.375 e. The maximum atomic E-state index is 13.9. The average molecular weight is 367 g/mol. The number of halogens is 1. The molecule has 140 valence electrons. The number of amides is 1. The maximum Gasteiger partial charge on any atom is 0.256 e. The van der Waals surface area contributed by atoms with Crippen molar-refractivity contribution in [3.63, 3.8) is 0 Å². The molecule has 3 aromatic rings. The second-order valence-electron chi connectivity index (χ2n) is 7.11. The van der Waals surface area contributed by atoms with Gasteiger partial charge < -0.3 is 19.7 Å². The first-order chi connectivity index (χ1) is 12.9. The Morgan fingerprint density at radius 1 is 1.19 bits per heavy atom. The number of rotatable bonds is 3. The van der Waals surface area contributed by atoms with Crippen LogP contribution in [0, 0.1) is 5.82 Å². The van der Waals surface area contributed by atoms with Crippen molar-refractivity contribution in [1.82, 2.24) is 14.5 Å². The molecule has 4 rings (SSSR count). The zero-order valence-corrected chi connectivity index (χ0v) is 15.9. The number of benzene rings is 1. The van der Waals surface area contributed by atoms with E-state index in [1.807, 2.05) is 30.8 Å². The van der Waals surface area contributed by atoms with Crippen molar-refractivity contribution in [3.05, 3.63) is 47.4 Å². The van der Waals surface area contributed by atoms with Gasteiger partial charge in [0, 0.05) is 57.9 Å². The summed E-state index contributed by atoms with van der Waals surface area (Å²) in [5, 5.41) is 4.10. The summed E-state index contributed by atoms with van der Waals surface area (Å²) in [7, 11) is 7.37. The van der Waals surface area contributed by atoms with Crippen LogP contribution in [0.4, 0.5) is 21.6 Å². The minimum atomic E-state index is -0.272. The SMILES string of the molecule is CN1CCc2c(c3ccc(Nc4ccc(F)c(N(C)C)c4)nc3n2C)C1=O. The van der Waals surface area contributed by atoms with E-state index in [4.69, 9.17) is 4.98 Å². The Kier molecular flexibility index (Phi) is 4.02. The molecular weight excluding hydrogens is 345 g/mol. The first kappa shape index (κ1) is 17.3. The fourth-order valence-electron chi connectivity index (χ4n) is 3.60. The number of likely N-dealkylation sites (N-methyl/N-ethyl adjacent to an activating group) is 1. The molecular formula is C20H22FN5O. The van der Waals surface area contributed by atoms with Crippen LogP contribution in [0.15, 0.2) is 30.3 Å². The van der Waals surface area contributed by atoms with E-state index in [-0.39, 0.29) is 11.7 Å². The van der Waals surface area contributed by atoms with Gasteiger partial charge in [0.25, 0.3) is 5.91 Å². The quantitative estimate of drug-likeness (QED) is 0.773. The van der Waals surface area contributed by atoms with Crippen molar-refractivity contribution >= 4 is 34.1 Å². The van der Waals surface area contributed by atoms with E-state index < -0.39 is 0 Å². The predicted octanol–water partition coefficient (Wildman–Crippen LogP) is 3.15. The van der Waals surface area contributed by atoms with E-state index in [1.54, 1.807) is 36.0 Å². The summed E-state index contributed by atoms with van der Waals surface area (Å²) in [5.74, 6) is 0.419. The lowest BCUT2D eigenvalue weighted by molar-refractivity contribution is 0.0781. The normalized spacial score (nSPS) is 13.8. The highest BCUT2D eigenvalue weighted by atomic mass is 19.1. The third-order valence-electron chi connectivity index (χ3n) is 5.10. The van der Waals surface area contributed by atoms with Crippen molar-refractivity contribution in [3.8, 4) is 0 Å². The minimum Gasteiger partial charge on any atom is -0.375 e. The molecule has 0 atom stereocenters. The molecule has 6 nitrogen and oxygen atoms in total. The minimum absolute atomic E-state index is 0.0403. The molecule has 2 aromatic heterocycles. The fourth-order valence-corrected chi connectivity index (χ4v) is 3.60. The molecule has 1 amide bonds. The summed E-state index contributed by atoms with van der Waals surface area (Å²) in [6.45, 7) is 0.712. The summed E-state index contributed by atoms with van der Waals surface area (Å²) < 4.78 is 15.9. The number of anilines is 3. The number of nitrogens with zero attached hydrogens (tertiary/aromatic N) is 4. The molecule has 0 saturated carbocycles. The zero-order chi connectivity index (χ0) is 19.3. The van der Waals surface area contributed by atoms with E-state index in [2.05, 4.69) is 5.32 Å². The van der Waals surface area contributed by atoms with Crippen LogP contribution >= 0.6 is 0 Å². The van der Waals surface area contributed by atoms with Crippen LogP contribution in [-0.2, 0) is 13.5 Å². The molecule has 0 spiro atoms. The molecule has 1 aliphatic rings. The summed E-state index contributed by atoms with van der Waals surface area (Å²) >= 11 is 0. The molecule has 1 aliphatic heterocycles. The summed E-state index contributed by atoms with van der Waals surface area (Å²) in [5.41, 5.74) is 3.79. The Bertz CT molecular complexity index is 1060. The number of carbonyl (C=O) groups is 1. The Balaban J connectivity index is 1.74. The number of nitrogens with one attached hydrogen (secondary N) is 1. The lowest BCUT2D eigenvalue weighted by atomic mass is 10.0. The first-order valence-corrected chi connectivity index (χ1v) is 8.84. The third-order valence-corrected chi connectivity index (χ3v) is 5.10. The highest BCUT2D eigenvalue weighted by molar-refractivity contribution is 6.08. The van der Waals surface area contributed by atoms with Gasteiger partial charge in [0.2, 0.25) is 0 Å². The molecule has 1 aromatic carbocycles. The van der Waals surface area contributed by atoms with Gasteiger partial charge in [-0.05, 0) is 30.3 Å². The topological polar surface area (TPSA) is 53.4 Å². The predicted molar refractivity (Wildman–Crippen MR) is 105 cm³/mol. The van der Waals surface area contributed by atoms with Crippen LogP contribution in [0.2, 0.25) is 0 Å². The highest BCUT2D eigenvalue weighted by Gasteiger charge is 2.28.